The number of hydrogen-bond donors (Lipinski definition) is 0. The van der Waals surface area contributed by atoms with Crippen LogP contribution in [0, 0.1) is 5.41 Å². The lowest BCUT2D eigenvalue weighted by Gasteiger charge is -2.18. The van der Waals surface area contributed by atoms with E-state index >= 15 is 0 Å². The Hall–Kier alpha value is -3.28. The van der Waals surface area contributed by atoms with Gasteiger partial charge in [-0.1, -0.05) is 51.1 Å². The van der Waals surface area contributed by atoms with E-state index in [0.717, 1.165) is 6.42 Å². The summed E-state index contributed by atoms with van der Waals surface area (Å²) in [5, 5.41) is 0. The summed E-state index contributed by atoms with van der Waals surface area (Å²) in [5.41, 5.74) is 3.09. The van der Waals surface area contributed by atoms with E-state index in [1.54, 1.807) is 18.2 Å². The molecule has 3 nitrogen and oxygen atoms in total. The molecule has 0 aliphatic heterocycles. The number of benzene rings is 3. The zero-order chi connectivity index (χ0) is 22.6. The molecule has 0 aliphatic carbocycles. The lowest BCUT2D eigenvalue weighted by atomic mass is 9.88. The molecular weight excluding hydrogens is 405 g/mol. The Morgan fingerprint density at radius 2 is 1.39 bits per heavy atom. The first kappa shape index (κ1) is 22.4. The van der Waals surface area contributed by atoms with Gasteiger partial charge in [0.15, 0.2) is 6.29 Å². The smallest absolute Gasteiger partial charge is 0.457 e. The lowest BCUT2D eigenvalue weighted by molar-refractivity contribution is -0.274. The van der Waals surface area contributed by atoms with Crippen LogP contribution in [0.15, 0.2) is 66.7 Å². The topological polar surface area (TPSA) is 35.5 Å². The zero-order valence-corrected chi connectivity index (χ0v) is 17.5. The summed E-state index contributed by atoms with van der Waals surface area (Å²) >= 11 is 0. The third-order valence-electron chi connectivity index (χ3n) is 4.45. The molecule has 0 radical (unpaired) electrons. The van der Waals surface area contributed by atoms with Gasteiger partial charge in [-0.15, -0.1) is 13.2 Å². The van der Waals surface area contributed by atoms with E-state index in [0.29, 0.717) is 34.5 Å². The average Bonchev–Trinajstić information content (AvgIpc) is 2.68. The van der Waals surface area contributed by atoms with Crippen molar-refractivity contribution in [1.29, 1.82) is 0 Å². The van der Waals surface area contributed by atoms with E-state index in [-0.39, 0.29) is 11.2 Å². The predicted octanol–water partition coefficient (Wildman–Crippen LogP) is 7.45. The van der Waals surface area contributed by atoms with Gasteiger partial charge in [0.2, 0.25) is 0 Å². The molecule has 0 heterocycles. The lowest BCUT2D eigenvalue weighted by Crippen LogP contribution is -2.16. The third kappa shape index (κ3) is 6.60. The minimum atomic E-state index is -4.74. The van der Waals surface area contributed by atoms with Crippen molar-refractivity contribution in [2.24, 2.45) is 5.41 Å². The summed E-state index contributed by atoms with van der Waals surface area (Å²) in [6.07, 6.45) is -3.11. The summed E-state index contributed by atoms with van der Waals surface area (Å²) in [6.45, 7) is 6.50. The molecule has 0 fully saturated rings. The van der Waals surface area contributed by atoms with Crippen LogP contribution in [0.2, 0.25) is 0 Å². The fraction of sp³-hybridized carbons (Fsp3) is 0.240. The Balaban J connectivity index is 1.82. The summed E-state index contributed by atoms with van der Waals surface area (Å²) < 4.78 is 46.9. The third-order valence-corrected chi connectivity index (χ3v) is 4.45. The van der Waals surface area contributed by atoms with Crippen LogP contribution in [0.3, 0.4) is 0 Å². The molecule has 31 heavy (non-hydrogen) atoms. The Labute approximate surface area is 179 Å². The van der Waals surface area contributed by atoms with Crippen LogP contribution < -0.4 is 9.47 Å². The molecule has 0 aliphatic rings. The van der Waals surface area contributed by atoms with Crippen LogP contribution in [-0.2, 0) is 6.42 Å². The number of aldehydes is 1. The van der Waals surface area contributed by atoms with E-state index in [9.17, 15) is 18.0 Å². The van der Waals surface area contributed by atoms with Crippen LogP contribution >= 0.6 is 0 Å². The molecule has 0 saturated carbocycles. The number of rotatable bonds is 6. The second-order valence-corrected chi connectivity index (χ2v) is 8.43. The quantitative estimate of drug-likeness (QED) is 0.383. The maximum Gasteiger partial charge on any atom is 0.573 e. The standard InChI is InChI=1S/C25H23F3O3/c1-24(2,3)15-17-4-10-21(11-5-17)30-23-14-19(6-7-20(23)16-29)18-8-12-22(13-9-18)31-25(26,27)28/h4-14,16H,15H2,1-3H3. The van der Waals surface area contributed by atoms with Crippen molar-refractivity contribution in [3.8, 4) is 28.4 Å². The maximum atomic E-state index is 12.3. The number of ether oxygens (including phenoxy) is 2. The van der Waals surface area contributed by atoms with Gasteiger partial charge in [0.1, 0.15) is 17.2 Å². The molecule has 0 atom stereocenters. The van der Waals surface area contributed by atoms with Crippen molar-refractivity contribution in [3.63, 3.8) is 0 Å². The largest absolute Gasteiger partial charge is 0.573 e. The SMILES string of the molecule is CC(C)(C)Cc1ccc(Oc2cc(-c3ccc(OC(F)(F)F)cc3)ccc2C=O)cc1. The molecular formula is C25H23F3O3. The highest BCUT2D eigenvalue weighted by atomic mass is 19.4. The minimum absolute atomic E-state index is 0.169. The summed E-state index contributed by atoms with van der Waals surface area (Å²) in [6, 6.07) is 18.2. The molecule has 0 spiro atoms. The Morgan fingerprint density at radius 3 is 1.94 bits per heavy atom. The maximum absolute atomic E-state index is 12.3. The van der Waals surface area contributed by atoms with Crippen LogP contribution in [0.4, 0.5) is 13.2 Å². The Morgan fingerprint density at radius 1 is 0.806 bits per heavy atom. The Bertz CT molecular complexity index is 1030. The molecule has 3 rings (SSSR count). The number of halogens is 3. The molecule has 162 valence electrons. The van der Waals surface area contributed by atoms with Crippen molar-refractivity contribution in [3.05, 3.63) is 77.9 Å². The molecule has 0 bridgehead atoms. The molecule has 0 aromatic heterocycles. The van der Waals surface area contributed by atoms with Gasteiger partial charge in [0, 0.05) is 0 Å². The van der Waals surface area contributed by atoms with Crippen molar-refractivity contribution < 1.29 is 27.4 Å². The zero-order valence-electron chi connectivity index (χ0n) is 17.5. The second kappa shape index (κ2) is 8.84. The molecule has 0 amide bonds. The van der Waals surface area contributed by atoms with Gasteiger partial charge in [-0.3, -0.25) is 4.79 Å². The van der Waals surface area contributed by atoms with Crippen molar-refractivity contribution in [2.75, 3.05) is 0 Å². The van der Waals surface area contributed by atoms with Gasteiger partial charge in [0.05, 0.1) is 5.56 Å². The summed E-state index contributed by atoms with van der Waals surface area (Å²) in [4.78, 5) is 11.5. The van der Waals surface area contributed by atoms with Gasteiger partial charge >= 0.3 is 6.36 Å². The molecule has 3 aromatic rings. The minimum Gasteiger partial charge on any atom is -0.457 e. The number of hydrogen-bond acceptors (Lipinski definition) is 3. The predicted molar refractivity (Wildman–Crippen MR) is 114 cm³/mol. The molecule has 0 saturated heterocycles. The molecule has 6 heteroatoms. The van der Waals surface area contributed by atoms with Crippen molar-refractivity contribution in [2.45, 2.75) is 33.6 Å². The van der Waals surface area contributed by atoms with Gasteiger partial charge in [-0.2, -0.15) is 0 Å². The summed E-state index contributed by atoms with van der Waals surface area (Å²) in [5.74, 6) is 0.658. The van der Waals surface area contributed by atoms with Crippen LogP contribution in [0.25, 0.3) is 11.1 Å². The molecule has 0 unspecified atom stereocenters. The highest BCUT2D eigenvalue weighted by molar-refractivity contribution is 5.82. The van der Waals surface area contributed by atoms with Crippen molar-refractivity contribution in [1.82, 2.24) is 0 Å². The Kier molecular flexibility index (Phi) is 6.39. The van der Waals surface area contributed by atoms with Crippen molar-refractivity contribution >= 4 is 6.29 Å². The van der Waals surface area contributed by atoms with E-state index in [1.165, 1.54) is 29.8 Å². The van der Waals surface area contributed by atoms with E-state index in [2.05, 4.69) is 25.5 Å². The average molecular weight is 428 g/mol. The monoisotopic (exact) mass is 428 g/mol. The van der Waals surface area contributed by atoms with E-state index < -0.39 is 6.36 Å². The van der Waals surface area contributed by atoms with E-state index in [4.69, 9.17) is 4.74 Å². The van der Waals surface area contributed by atoms with Crippen LogP contribution in [-0.4, -0.2) is 12.6 Å². The molecule has 3 aromatic carbocycles. The molecule has 0 N–H and O–H groups in total. The van der Waals surface area contributed by atoms with Crippen LogP contribution in [0.5, 0.6) is 17.2 Å². The first-order chi connectivity index (χ1) is 14.5. The van der Waals surface area contributed by atoms with E-state index in [1.807, 2.05) is 24.3 Å². The van der Waals surface area contributed by atoms with Gasteiger partial charge in [0.25, 0.3) is 0 Å². The first-order valence-corrected chi connectivity index (χ1v) is 9.75. The normalized spacial score (nSPS) is 11.8. The van der Waals surface area contributed by atoms with Gasteiger partial charge in [-0.05, 0) is 64.9 Å². The van der Waals surface area contributed by atoms with Crippen LogP contribution in [0.1, 0.15) is 36.7 Å². The number of alkyl halides is 3. The fourth-order valence-electron chi connectivity index (χ4n) is 3.16. The fourth-order valence-corrected chi connectivity index (χ4v) is 3.16. The first-order valence-electron chi connectivity index (χ1n) is 9.75. The second-order valence-electron chi connectivity index (χ2n) is 8.43. The van der Waals surface area contributed by atoms with Gasteiger partial charge < -0.3 is 9.47 Å². The highest BCUT2D eigenvalue weighted by Crippen LogP contribution is 2.32. The highest BCUT2D eigenvalue weighted by Gasteiger charge is 2.31. The van der Waals surface area contributed by atoms with Gasteiger partial charge in [-0.25, -0.2) is 0 Å². The number of carbonyl (C=O) groups excluding carboxylic acids is 1. The number of carbonyl (C=O) groups is 1. The summed E-state index contributed by atoms with van der Waals surface area (Å²) in [7, 11) is 0.